The number of nitrogens with two attached hydrogens (primary N) is 1. The molecule has 1 saturated heterocycles. The summed E-state index contributed by atoms with van der Waals surface area (Å²) in [7, 11) is 1.81. The largest absolute Gasteiger partial charge is 0.368 e. The highest BCUT2D eigenvalue weighted by molar-refractivity contribution is 5.94. The molecule has 130 valence electrons. The van der Waals surface area contributed by atoms with Gasteiger partial charge in [0, 0.05) is 36.2 Å². The van der Waals surface area contributed by atoms with Gasteiger partial charge < -0.3 is 11.1 Å². The highest BCUT2D eigenvalue weighted by Crippen LogP contribution is 2.16. The Balaban J connectivity index is 1.69. The van der Waals surface area contributed by atoms with Gasteiger partial charge in [-0.2, -0.15) is 0 Å². The summed E-state index contributed by atoms with van der Waals surface area (Å²) in [6.07, 6.45) is 4.82. The highest BCUT2D eigenvalue weighted by Gasteiger charge is 2.33. The molecule has 2 atom stereocenters. The molecule has 2 aromatic rings. The summed E-state index contributed by atoms with van der Waals surface area (Å²) >= 11 is 0. The lowest BCUT2D eigenvalue weighted by Gasteiger charge is -2.14. The number of amides is 2. The Labute approximate surface area is 144 Å². The average molecular weight is 341 g/mol. The third-order valence-corrected chi connectivity index (χ3v) is 4.34. The Hall–Kier alpha value is -3.00. The molecule has 8 nitrogen and oxygen atoms in total. The van der Waals surface area contributed by atoms with Crippen LogP contribution in [0.15, 0.2) is 47.7 Å². The zero-order valence-corrected chi connectivity index (χ0v) is 13.8. The molecule has 1 aliphatic heterocycles. The van der Waals surface area contributed by atoms with E-state index in [1.165, 1.54) is 17.0 Å². The second-order valence-corrected chi connectivity index (χ2v) is 6.10. The number of likely N-dealkylation sites (tertiary alicyclic amines) is 1. The van der Waals surface area contributed by atoms with E-state index in [1.807, 2.05) is 11.9 Å². The fraction of sp³-hybridized carbons (Fsp3) is 0.294. The minimum absolute atomic E-state index is 0.127. The number of hydrogen-bond acceptors (Lipinski definition) is 5. The van der Waals surface area contributed by atoms with Crippen LogP contribution in [0.5, 0.6) is 0 Å². The Morgan fingerprint density at radius 1 is 1.28 bits per heavy atom. The van der Waals surface area contributed by atoms with E-state index in [0.717, 1.165) is 0 Å². The van der Waals surface area contributed by atoms with Crippen molar-refractivity contribution in [1.82, 2.24) is 19.8 Å². The number of nitrogens with one attached hydrogen (secondary N) is 1. The molecule has 0 aliphatic carbocycles. The van der Waals surface area contributed by atoms with Gasteiger partial charge in [-0.05, 0) is 37.7 Å². The second kappa shape index (κ2) is 6.86. The molecule has 1 aromatic heterocycles. The molecular weight excluding hydrogens is 322 g/mol. The average Bonchev–Trinajstić information content (AvgIpc) is 2.96. The minimum atomic E-state index is -0.383. The van der Waals surface area contributed by atoms with Crippen molar-refractivity contribution in [3.63, 3.8) is 0 Å². The van der Waals surface area contributed by atoms with Crippen molar-refractivity contribution in [2.24, 2.45) is 5.73 Å². The van der Waals surface area contributed by atoms with Crippen molar-refractivity contribution in [3.05, 3.63) is 58.8 Å². The molecule has 2 amide bonds. The summed E-state index contributed by atoms with van der Waals surface area (Å²) < 4.78 is 1.44. The predicted octanol–water partition coefficient (Wildman–Crippen LogP) is -0.480. The van der Waals surface area contributed by atoms with Crippen LogP contribution in [0.2, 0.25) is 0 Å². The van der Waals surface area contributed by atoms with Crippen LogP contribution < -0.4 is 16.6 Å². The number of likely N-dealkylation sites (N-methyl/N-ethyl adjacent to an activating group) is 1. The van der Waals surface area contributed by atoms with Crippen molar-refractivity contribution in [3.8, 4) is 5.69 Å². The summed E-state index contributed by atoms with van der Waals surface area (Å²) in [5, 5.41) is 2.91. The molecule has 0 bridgehead atoms. The van der Waals surface area contributed by atoms with Crippen LogP contribution in [0, 0.1) is 0 Å². The van der Waals surface area contributed by atoms with Crippen molar-refractivity contribution in [2.75, 3.05) is 13.6 Å². The number of benzene rings is 1. The molecule has 2 heterocycles. The van der Waals surface area contributed by atoms with Crippen molar-refractivity contribution < 1.29 is 9.59 Å². The SMILES string of the molecule is CN1CC(NC(=O)c2ccc(-n3ccncc3=O)cc2)CC1C(N)=O. The number of primary amides is 1. The summed E-state index contributed by atoms with van der Waals surface area (Å²) in [4.78, 5) is 41.1. The summed E-state index contributed by atoms with van der Waals surface area (Å²) in [5.74, 6) is -0.608. The predicted molar refractivity (Wildman–Crippen MR) is 91.3 cm³/mol. The summed E-state index contributed by atoms with van der Waals surface area (Å²) in [6.45, 7) is 0.573. The molecule has 8 heteroatoms. The summed E-state index contributed by atoms with van der Waals surface area (Å²) in [5.41, 5.74) is 6.24. The Morgan fingerprint density at radius 3 is 2.60 bits per heavy atom. The maximum Gasteiger partial charge on any atom is 0.273 e. The molecule has 1 aliphatic rings. The molecular formula is C17H19N5O3. The van der Waals surface area contributed by atoms with Crippen LogP contribution in [-0.4, -0.2) is 51.9 Å². The third-order valence-electron chi connectivity index (χ3n) is 4.34. The van der Waals surface area contributed by atoms with Gasteiger partial charge in [-0.3, -0.25) is 28.8 Å². The van der Waals surface area contributed by atoms with Gasteiger partial charge >= 0.3 is 0 Å². The first-order valence-electron chi connectivity index (χ1n) is 7.89. The molecule has 0 radical (unpaired) electrons. The minimum Gasteiger partial charge on any atom is -0.368 e. The van der Waals surface area contributed by atoms with Gasteiger partial charge in [-0.25, -0.2) is 0 Å². The van der Waals surface area contributed by atoms with E-state index in [0.29, 0.717) is 24.2 Å². The summed E-state index contributed by atoms with van der Waals surface area (Å²) in [6, 6.07) is 6.22. The number of aromatic nitrogens is 2. The lowest BCUT2D eigenvalue weighted by molar-refractivity contribution is -0.121. The topological polar surface area (TPSA) is 110 Å². The van der Waals surface area contributed by atoms with Gasteiger partial charge in [0.1, 0.15) is 0 Å². The lowest BCUT2D eigenvalue weighted by Crippen LogP contribution is -2.37. The van der Waals surface area contributed by atoms with Crippen LogP contribution in [-0.2, 0) is 4.79 Å². The molecule has 1 fully saturated rings. The number of carbonyl (C=O) groups excluding carboxylic acids is 2. The van der Waals surface area contributed by atoms with Crippen LogP contribution in [0.25, 0.3) is 5.69 Å². The van der Waals surface area contributed by atoms with Gasteiger partial charge in [0.25, 0.3) is 11.5 Å². The van der Waals surface area contributed by atoms with E-state index < -0.39 is 0 Å². The number of nitrogens with zero attached hydrogens (tertiary/aromatic N) is 3. The van der Waals surface area contributed by atoms with Gasteiger partial charge in [-0.15, -0.1) is 0 Å². The molecule has 1 aromatic carbocycles. The number of hydrogen-bond donors (Lipinski definition) is 2. The molecule has 3 N–H and O–H groups in total. The molecule has 3 rings (SSSR count). The maximum absolute atomic E-state index is 12.4. The van der Waals surface area contributed by atoms with Gasteiger partial charge in [0.2, 0.25) is 5.91 Å². The van der Waals surface area contributed by atoms with Crippen LogP contribution in [0.1, 0.15) is 16.8 Å². The van der Waals surface area contributed by atoms with Crippen LogP contribution in [0.4, 0.5) is 0 Å². The molecule has 0 saturated carbocycles. The van der Waals surface area contributed by atoms with E-state index in [-0.39, 0.29) is 29.5 Å². The fourth-order valence-corrected chi connectivity index (χ4v) is 3.04. The van der Waals surface area contributed by atoms with Gasteiger partial charge in [0.05, 0.1) is 12.2 Å². The molecule has 25 heavy (non-hydrogen) atoms. The highest BCUT2D eigenvalue weighted by atomic mass is 16.2. The first-order chi connectivity index (χ1) is 12.0. The first-order valence-corrected chi connectivity index (χ1v) is 7.89. The maximum atomic E-state index is 12.4. The molecule has 0 spiro atoms. The Kier molecular flexibility index (Phi) is 4.62. The van der Waals surface area contributed by atoms with E-state index in [2.05, 4.69) is 10.3 Å². The standard InChI is InChI=1S/C17H19N5O3/c1-21-10-12(8-14(21)16(18)24)20-17(25)11-2-4-13(5-3-11)22-7-6-19-9-15(22)23/h2-7,9,12,14H,8,10H2,1H3,(H2,18,24)(H,20,25). The van der Waals surface area contributed by atoms with Gasteiger partial charge in [-0.1, -0.05) is 0 Å². The van der Waals surface area contributed by atoms with E-state index in [9.17, 15) is 14.4 Å². The normalized spacial score (nSPS) is 20.4. The Bertz CT molecular complexity index is 846. The zero-order valence-electron chi connectivity index (χ0n) is 13.8. The number of carbonyl (C=O) groups is 2. The lowest BCUT2D eigenvalue weighted by atomic mass is 10.1. The Morgan fingerprint density at radius 2 is 2.00 bits per heavy atom. The van der Waals surface area contributed by atoms with E-state index >= 15 is 0 Å². The van der Waals surface area contributed by atoms with E-state index in [1.54, 1.807) is 30.5 Å². The fourth-order valence-electron chi connectivity index (χ4n) is 3.04. The number of rotatable bonds is 4. The van der Waals surface area contributed by atoms with Crippen molar-refractivity contribution in [2.45, 2.75) is 18.5 Å². The van der Waals surface area contributed by atoms with Crippen molar-refractivity contribution in [1.29, 1.82) is 0 Å². The third kappa shape index (κ3) is 3.58. The monoisotopic (exact) mass is 341 g/mol. The van der Waals surface area contributed by atoms with Gasteiger partial charge in [0.15, 0.2) is 0 Å². The first kappa shape index (κ1) is 16.8. The smallest absolute Gasteiger partial charge is 0.273 e. The quantitative estimate of drug-likeness (QED) is 0.780. The van der Waals surface area contributed by atoms with Crippen molar-refractivity contribution >= 4 is 11.8 Å². The second-order valence-electron chi connectivity index (χ2n) is 6.10. The molecule has 2 unspecified atom stereocenters. The van der Waals surface area contributed by atoms with Crippen LogP contribution >= 0.6 is 0 Å². The van der Waals surface area contributed by atoms with E-state index in [4.69, 9.17) is 5.73 Å². The zero-order chi connectivity index (χ0) is 18.0. The van der Waals surface area contributed by atoms with Crippen LogP contribution in [0.3, 0.4) is 0 Å².